The molecule has 3 heterocycles. The van der Waals surface area contributed by atoms with E-state index in [1.807, 2.05) is 12.4 Å². The van der Waals surface area contributed by atoms with Crippen LogP contribution < -0.4 is 0 Å². The van der Waals surface area contributed by atoms with Gasteiger partial charge in [-0.2, -0.15) is 0 Å². The van der Waals surface area contributed by atoms with Crippen LogP contribution in [-0.2, 0) is 0 Å². The van der Waals surface area contributed by atoms with E-state index >= 15 is 0 Å². The molecular formula is C39H25N3. The lowest BCUT2D eigenvalue weighted by Gasteiger charge is -2.09. The molecule has 6 aromatic carbocycles. The van der Waals surface area contributed by atoms with Crippen molar-refractivity contribution in [3.05, 3.63) is 152 Å². The van der Waals surface area contributed by atoms with Crippen LogP contribution in [0.1, 0.15) is 0 Å². The van der Waals surface area contributed by atoms with Crippen LogP contribution in [0.3, 0.4) is 0 Å². The van der Waals surface area contributed by atoms with Gasteiger partial charge in [-0.15, -0.1) is 0 Å². The Kier molecular flexibility index (Phi) is 4.90. The Balaban J connectivity index is 1.32. The van der Waals surface area contributed by atoms with E-state index in [4.69, 9.17) is 0 Å². The maximum Gasteiger partial charge on any atom is 0.0547 e. The zero-order chi connectivity index (χ0) is 27.6. The van der Waals surface area contributed by atoms with E-state index in [1.165, 1.54) is 65.8 Å². The van der Waals surface area contributed by atoms with Crippen molar-refractivity contribution in [1.82, 2.24) is 14.1 Å². The molecule has 0 spiro atoms. The van der Waals surface area contributed by atoms with E-state index in [2.05, 4.69) is 154 Å². The maximum atomic E-state index is 4.40. The molecule has 42 heavy (non-hydrogen) atoms. The highest BCUT2D eigenvalue weighted by molar-refractivity contribution is 6.22. The average Bonchev–Trinajstić information content (AvgIpc) is 3.58. The van der Waals surface area contributed by atoms with Crippen LogP contribution in [0.4, 0.5) is 0 Å². The van der Waals surface area contributed by atoms with Crippen molar-refractivity contribution in [1.29, 1.82) is 0 Å². The Morgan fingerprint density at radius 2 is 0.976 bits per heavy atom. The van der Waals surface area contributed by atoms with Crippen molar-refractivity contribution in [3.63, 3.8) is 0 Å². The van der Waals surface area contributed by atoms with Crippen molar-refractivity contribution >= 4 is 54.4 Å². The minimum absolute atomic E-state index is 1.15. The molecule has 0 saturated heterocycles. The standard InChI is InChI=1S/C39H25N3/c1-3-9-29(10-4-1)41-35-14-8-7-13-32(35)33-23-26(15-18-36(33)41)27-16-19-37-34(24-27)39-31-21-22-40-25-28(31)17-20-38(39)42(37)30-11-5-2-6-12-30/h1-25H. The lowest BCUT2D eigenvalue weighted by Crippen LogP contribution is -1.93. The van der Waals surface area contributed by atoms with Gasteiger partial charge in [0.25, 0.3) is 0 Å². The second kappa shape index (κ2) is 8.92. The van der Waals surface area contributed by atoms with Gasteiger partial charge in [0.05, 0.1) is 22.1 Å². The van der Waals surface area contributed by atoms with Gasteiger partial charge in [-0.05, 0) is 83.2 Å². The fourth-order valence-electron chi connectivity index (χ4n) is 6.73. The van der Waals surface area contributed by atoms with Crippen molar-refractivity contribution in [3.8, 4) is 22.5 Å². The quantitative estimate of drug-likeness (QED) is 0.221. The van der Waals surface area contributed by atoms with Gasteiger partial charge in [0, 0.05) is 50.7 Å². The Hall–Kier alpha value is -5.67. The Morgan fingerprint density at radius 1 is 0.405 bits per heavy atom. The monoisotopic (exact) mass is 535 g/mol. The van der Waals surface area contributed by atoms with Gasteiger partial charge in [-0.3, -0.25) is 4.98 Å². The molecule has 0 unspecified atom stereocenters. The number of benzene rings is 6. The van der Waals surface area contributed by atoms with Gasteiger partial charge in [0.1, 0.15) is 0 Å². The largest absolute Gasteiger partial charge is 0.309 e. The number of fused-ring (bicyclic) bond motifs is 8. The fraction of sp³-hybridized carbons (Fsp3) is 0. The summed E-state index contributed by atoms with van der Waals surface area (Å²) in [5, 5.41) is 7.40. The van der Waals surface area contributed by atoms with E-state index in [-0.39, 0.29) is 0 Å². The summed E-state index contributed by atoms with van der Waals surface area (Å²) < 4.78 is 4.75. The predicted molar refractivity (Wildman–Crippen MR) is 176 cm³/mol. The zero-order valence-corrected chi connectivity index (χ0v) is 22.8. The van der Waals surface area contributed by atoms with E-state index < -0.39 is 0 Å². The van der Waals surface area contributed by atoms with Crippen LogP contribution in [0.5, 0.6) is 0 Å². The van der Waals surface area contributed by atoms with Crippen LogP contribution in [0.2, 0.25) is 0 Å². The first-order chi connectivity index (χ1) is 20.8. The molecule has 0 bridgehead atoms. The molecule has 0 amide bonds. The molecule has 0 aliphatic heterocycles. The first-order valence-electron chi connectivity index (χ1n) is 14.3. The molecule has 0 atom stereocenters. The van der Waals surface area contributed by atoms with Gasteiger partial charge in [0.2, 0.25) is 0 Å². The Labute approximate surface area is 242 Å². The minimum atomic E-state index is 1.15. The summed E-state index contributed by atoms with van der Waals surface area (Å²) in [6, 6.07) is 50.3. The van der Waals surface area contributed by atoms with Gasteiger partial charge in [0.15, 0.2) is 0 Å². The maximum absolute atomic E-state index is 4.40. The average molecular weight is 536 g/mol. The van der Waals surface area contributed by atoms with Gasteiger partial charge in [-0.25, -0.2) is 0 Å². The summed E-state index contributed by atoms with van der Waals surface area (Å²) in [5.41, 5.74) is 9.59. The molecule has 9 aromatic rings. The summed E-state index contributed by atoms with van der Waals surface area (Å²) in [6.07, 6.45) is 3.86. The topological polar surface area (TPSA) is 22.8 Å². The summed E-state index contributed by atoms with van der Waals surface area (Å²) in [5.74, 6) is 0. The van der Waals surface area contributed by atoms with Gasteiger partial charge >= 0.3 is 0 Å². The van der Waals surface area contributed by atoms with Crippen LogP contribution >= 0.6 is 0 Å². The van der Waals surface area contributed by atoms with Crippen molar-refractivity contribution < 1.29 is 0 Å². The fourth-order valence-corrected chi connectivity index (χ4v) is 6.73. The molecule has 0 radical (unpaired) electrons. The first-order valence-corrected chi connectivity index (χ1v) is 14.3. The third-order valence-corrected chi connectivity index (χ3v) is 8.58. The molecule has 0 N–H and O–H groups in total. The molecule has 196 valence electrons. The highest BCUT2D eigenvalue weighted by atomic mass is 15.0. The summed E-state index contributed by atoms with van der Waals surface area (Å²) >= 11 is 0. The lowest BCUT2D eigenvalue weighted by atomic mass is 9.99. The van der Waals surface area contributed by atoms with Crippen molar-refractivity contribution in [2.24, 2.45) is 0 Å². The lowest BCUT2D eigenvalue weighted by molar-refractivity contribution is 1.18. The van der Waals surface area contributed by atoms with Crippen molar-refractivity contribution in [2.75, 3.05) is 0 Å². The molecule has 3 aromatic heterocycles. The SMILES string of the molecule is c1ccc(-n2c3ccccc3c3cc(-c4ccc5c(c4)c4c6ccncc6ccc4n5-c4ccccc4)ccc32)cc1. The number of hydrogen-bond donors (Lipinski definition) is 0. The second-order valence-corrected chi connectivity index (χ2v) is 10.9. The molecular weight excluding hydrogens is 510 g/mol. The van der Waals surface area contributed by atoms with Crippen LogP contribution in [-0.4, -0.2) is 14.1 Å². The Bertz CT molecular complexity index is 2450. The summed E-state index contributed by atoms with van der Waals surface area (Å²) in [4.78, 5) is 4.40. The number of para-hydroxylation sites is 3. The normalized spacial score (nSPS) is 11.8. The van der Waals surface area contributed by atoms with E-state index in [0.29, 0.717) is 0 Å². The van der Waals surface area contributed by atoms with Crippen LogP contribution in [0.25, 0.3) is 76.9 Å². The smallest absolute Gasteiger partial charge is 0.0547 e. The molecule has 3 heteroatoms. The first kappa shape index (κ1) is 23.1. The van der Waals surface area contributed by atoms with Gasteiger partial charge < -0.3 is 9.13 Å². The third-order valence-electron chi connectivity index (χ3n) is 8.58. The Morgan fingerprint density at radius 3 is 1.71 bits per heavy atom. The number of hydrogen-bond acceptors (Lipinski definition) is 1. The molecule has 3 nitrogen and oxygen atoms in total. The van der Waals surface area contributed by atoms with Crippen molar-refractivity contribution in [2.45, 2.75) is 0 Å². The predicted octanol–water partition coefficient (Wildman–Crippen LogP) is 10.1. The summed E-state index contributed by atoms with van der Waals surface area (Å²) in [6.45, 7) is 0. The molecule has 0 aliphatic carbocycles. The second-order valence-electron chi connectivity index (χ2n) is 10.9. The molecule has 9 rings (SSSR count). The van der Waals surface area contributed by atoms with E-state index in [0.717, 1.165) is 11.1 Å². The summed E-state index contributed by atoms with van der Waals surface area (Å²) in [7, 11) is 0. The minimum Gasteiger partial charge on any atom is -0.309 e. The molecule has 0 fully saturated rings. The zero-order valence-electron chi connectivity index (χ0n) is 22.8. The number of rotatable bonds is 3. The third kappa shape index (κ3) is 3.31. The van der Waals surface area contributed by atoms with Gasteiger partial charge in [-0.1, -0.05) is 72.8 Å². The molecule has 0 aliphatic rings. The number of aromatic nitrogens is 3. The van der Waals surface area contributed by atoms with Crippen LogP contribution in [0.15, 0.2) is 152 Å². The molecule has 0 saturated carbocycles. The highest BCUT2D eigenvalue weighted by Gasteiger charge is 2.17. The van der Waals surface area contributed by atoms with E-state index in [1.54, 1.807) is 0 Å². The highest BCUT2D eigenvalue weighted by Crippen LogP contribution is 2.40. The number of pyridine rings is 1. The van der Waals surface area contributed by atoms with E-state index in [9.17, 15) is 0 Å². The van der Waals surface area contributed by atoms with Crippen LogP contribution in [0, 0.1) is 0 Å². The number of nitrogens with zero attached hydrogens (tertiary/aromatic N) is 3.